The van der Waals surface area contributed by atoms with Gasteiger partial charge in [-0.15, -0.1) is 0 Å². The van der Waals surface area contributed by atoms with Gasteiger partial charge in [0, 0.05) is 12.1 Å². The molecule has 5 nitrogen and oxygen atoms in total. The van der Waals surface area contributed by atoms with Gasteiger partial charge in [-0.05, 0) is 42.8 Å². The van der Waals surface area contributed by atoms with Gasteiger partial charge in [-0.1, -0.05) is 6.92 Å². The highest BCUT2D eigenvalue weighted by atomic mass is 16.6. The second kappa shape index (κ2) is 6.56. The maximum Gasteiger partial charge on any atom is 0.269 e. The average Bonchev–Trinajstić information content (AvgIpc) is 2.47. The van der Waals surface area contributed by atoms with Crippen molar-refractivity contribution in [2.24, 2.45) is 0 Å². The summed E-state index contributed by atoms with van der Waals surface area (Å²) in [7, 11) is 0. The van der Waals surface area contributed by atoms with Crippen molar-refractivity contribution in [3.05, 3.63) is 58.6 Å². The van der Waals surface area contributed by atoms with Gasteiger partial charge in [0.05, 0.1) is 11.5 Å². The van der Waals surface area contributed by atoms with Crippen molar-refractivity contribution in [2.45, 2.75) is 13.3 Å². The molecule has 0 aliphatic heterocycles. The molecule has 0 bridgehead atoms. The van der Waals surface area contributed by atoms with E-state index in [0.29, 0.717) is 18.1 Å². The fourth-order valence-electron chi connectivity index (χ4n) is 1.60. The zero-order chi connectivity index (χ0) is 14.4. The molecule has 0 fully saturated rings. The number of nitrogens with zero attached hydrogens (tertiary/aromatic N) is 1. The van der Waals surface area contributed by atoms with Crippen molar-refractivity contribution in [1.29, 1.82) is 0 Å². The molecule has 0 aliphatic carbocycles. The third kappa shape index (κ3) is 3.71. The van der Waals surface area contributed by atoms with E-state index in [9.17, 15) is 10.1 Å². The Hall–Kier alpha value is -2.56. The Kier molecular flexibility index (Phi) is 4.55. The molecular weight excluding hydrogens is 258 g/mol. The first kappa shape index (κ1) is 13.9. The Labute approximate surface area is 116 Å². The van der Waals surface area contributed by atoms with Gasteiger partial charge in [0.15, 0.2) is 0 Å². The first-order chi connectivity index (χ1) is 9.69. The average molecular weight is 273 g/mol. The van der Waals surface area contributed by atoms with Crippen LogP contribution >= 0.6 is 0 Å². The van der Waals surface area contributed by atoms with Crippen LogP contribution in [0.3, 0.4) is 0 Å². The fraction of sp³-hybridized carbons (Fsp3) is 0.200. The number of benzene rings is 2. The van der Waals surface area contributed by atoms with Crippen molar-refractivity contribution >= 4 is 5.69 Å². The lowest BCUT2D eigenvalue weighted by Crippen LogP contribution is -1.94. The number of hydrogen-bond donors (Lipinski definition) is 0. The van der Waals surface area contributed by atoms with Gasteiger partial charge in [-0.2, -0.15) is 0 Å². The van der Waals surface area contributed by atoms with E-state index in [1.807, 2.05) is 19.1 Å². The summed E-state index contributed by atoms with van der Waals surface area (Å²) in [6.45, 7) is 2.73. The number of rotatable bonds is 6. The molecule has 0 amide bonds. The van der Waals surface area contributed by atoms with Gasteiger partial charge in [0.2, 0.25) is 0 Å². The second-order valence-electron chi connectivity index (χ2n) is 4.17. The summed E-state index contributed by atoms with van der Waals surface area (Å²) in [6, 6.07) is 13.2. The van der Waals surface area contributed by atoms with E-state index in [2.05, 4.69) is 0 Å². The molecule has 0 aliphatic rings. The first-order valence-electron chi connectivity index (χ1n) is 6.34. The molecule has 0 saturated carbocycles. The van der Waals surface area contributed by atoms with Gasteiger partial charge in [0.25, 0.3) is 5.69 Å². The van der Waals surface area contributed by atoms with Gasteiger partial charge in [-0.3, -0.25) is 10.1 Å². The Morgan fingerprint density at radius 1 is 0.950 bits per heavy atom. The molecule has 0 saturated heterocycles. The van der Waals surface area contributed by atoms with Crippen molar-refractivity contribution in [3.8, 4) is 17.2 Å². The van der Waals surface area contributed by atoms with Crippen molar-refractivity contribution in [1.82, 2.24) is 0 Å². The predicted molar refractivity (Wildman–Crippen MR) is 75.4 cm³/mol. The van der Waals surface area contributed by atoms with E-state index in [1.54, 1.807) is 24.3 Å². The molecule has 104 valence electrons. The lowest BCUT2D eigenvalue weighted by Gasteiger charge is -2.07. The quantitative estimate of drug-likeness (QED) is 0.585. The Balaban J connectivity index is 2.00. The maximum absolute atomic E-state index is 10.5. The van der Waals surface area contributed by atoms with Crippen LogP contribution < -0.4 is 9.47 Å². The fourth-order valence-corrected chi connectivity index (χ4v) is 1.60. The summed E-state index contributed by atoms with van der Waals surface area (Å²) in [5, 5.41) is 10.5. The normalized spacial score (nSPS) is 10.1. The largest absolute Gasteiger partial charge is 0.494 e. The third-order valence-corrected chi connectivity index (χ3v) is 2.58. The van der Waals surface area contributed by atoms with E-state index >= 15 is 0 Å². The Morgan fingerprint density at radius 2 is 1.45 bits per heavy atom. The summed E-state index contributed by atoms with van der Waals surface area (Å²) < 4.78 is 11.1. The van der Waals surface area contributed by atoms with Gasteiger partial charge in [-0.25, -0.2) is 0 Å². The van der Waals surface area contributed by atoms with Crippen LogP contribution in [-0.4, -0.2) is 11.5 Å². The van der Waals surface area contributed by atoms with E-state index < -0.39 is 4.92 Å². The van der Waals surface area contributed by atoms with Gasteiger partial charge in [0.1, 0.15) is 17.2 Å². The molecular formula is C15H15NO4. The number of hydrogen-bond acceptors (Lipinski definition) is 4. The summed E-state index contributed by atoms with van der Waals surface area (Å²) in [5.74, 6) is 2.00. The monoisotopic (exact) mass is 273 g/mol. The van der Waals surface area contributed by atoms with Crippen LogP contribution in [-0.2, 0) is 0 Å². The van der Waals surface area contributed by atoms with E-state index in [-0.39, 0.29) is 5.69 Å². The molecule has 2 rings (SSSR count). The minimum absolute atomic E-state index is 0.0423. The zero-order valence-electron chi connectivity index (χ0n) is 11.1. The number of nitro benzene ring substituents is 1. The number of ether oxygens (including phenoxy) is 2. The molecule has 2 aromatic carbocycles. The van der Waals surface area contributed by atoms with Crippen molar-refractivity contribution in [2.75, 3.05) is 6.61 Å². The lowest BCUT2D eigenvalue weighted by molar-refractivity contribution is -0.384. The minimum atomic E-state index is -0.441. The Morgan fingerprint density at radius 3 is 1.95 bits per heavy atom. The van der Waals surface area contributed by atoms with Crippen LogP contribution in [0.1, 0.15) is 13.3 Å². The number of nitro groups is 1. The van der Waals surface area contributed by atoms with Crippen LogP contribution in [0.2, 0.25) is 0 Å². The molecule has 2 aromatic rings. The van der Waals surface area contributed by atoms with Gasteiger partial charge < -0.3 is 9.47 Å². The van der Waals surface area contributed by atoms with Crippen LogP contribution in [0, 0.1) is 10.1 Å². The first-order valence-corrected chi connectivity index (χ1v) is 6.34. The van der Waals surface area contributed by atoms with Crippen molar-refractivity contribution < 1.29 is 14.4 Å². The summed E-state index contributed by atoms with van der Waals surface area (Å²) in [6.07, 6.45) is 0.959. The van der Waals surface area contributed by atoms with E-state index in [1.165, 1.54) is 12.1 Å². The highest BCUT2D eigenvalue weighted by molar-refractivity contribution is 5.39. The molecule has 5 heteroatoms. The lowest BCUT2D eigenvalue weighted by atomic mass is 10.3. The summed E-state index contributed by atoms with van der Waals surface area (Å²) >= 11 is 0. The topological polar surface area (TPSA) is 61.6 Å². The Bertz CT molecular complexity index is 563. The minimum Gasteiger partial charge on any atom is -0.494 e. The highest BCUT2D eigenvalue weighted by Gasteiger charge is 2.05. The second-order valence-corrected chi connectivity index (χ2v) is 4.17. The van der Waals surface area contributed by atoms with E-state index in [0.717, 1.165) is 12.2 Å². The third-order valence-electron chi connectivity index (χ3n) is 2.58. The van der Waals surface area contributed by atoms with Crippen molar-refractivity contribution in [3.63, 3.8) is 0 Å². The molecule has 0 heterocycles. The molecule has 0 atom stereocenters. The molecule has 0 unspecified atom stereocenters. The highest BCUT2D eigenvalue weighted by Crippen LogP contribution is 2.25. The smallest absolute Gasteiger partial charge is 0.269 e. The summed E-state index contributed by atoms with van der Waals surface area (Å²) in [4.78, 5) is 10.1. The van der Waals surface area contributed by atoms with Crippen LogP contribution in [0.4, 0.5) is 5.69 Å². The zero-order valence-corrected chi connectivity index (χ0v) is 11.1. The number of non-ortho nitro benzene ring substituents is 1. The predicted octanol–water partition coefficient (Wildman–Crippen LogP) is 4.18. The van der Waals surface area contributed by atoms with Gasteiger partial charge >= 0.3 is 0 Å². The molecule has 20 heavy (non-hydrogen) atoms. The SMILES string of the molecule is CCCOc1ccc(Oc2ccc([N+](=O)[O-])cc2)cc1. The van der Waals surface area contributed by atoms with Crippen LogP contribution in [0.5, 0.6) is 17.2 Å². The standard InChI is InChI=1S/C15H15NO4/c1-2-11-19-13-7-9-15(10-8-13)20-14-5-3-12(4-6-14)16(17)18/h3-10H,2,11H2,1H3. The molecule has 0 aromatic heterocycles. The molecule has 0 spiro atoms. The molecule has 0 radical (unpaired) electrons. The maximum atomic E-state index is 10.5. The molecule has 0 N–H and O–H groups in total. The van der Waals surface area contributed by atoms with Crippen LogP contribution in [0.15, 0.2) is 48.5 Å². The van der Waals surface area contributed by atoms with Crippen LogP contribution in [0.25, 0.3) is 0 Å². The summed E-state index contributed by atoms with van der Waals surface area (Å²) in [5.41, 5.74) is 0.0423. The van der Waals surface area contributed by atoms with E-state index in [4.69, 9.17) is 9.47 Å².